The van der Waals surface area contributed by atoms with E-state index in [1.54, 1.807) is 0 Å². The third-order valence-corrected chi connectivity index (χ3v) is 12.1. The van der Waals surface area contributed by atoms with E-state index in [-0.39, 0.29) is 0 Å². The minimum Gasteiger partial charge on any atom is -0.436 e. The molecular formula is C10H28O2Si3. The van der Waals surface area contributed by atoms with Crippen LogP contribution in [-0.4, -0.2) is 25.2 Å². The molecule has 0 spiro atoms. The van der Waals surface area contributed by atoms with E-state index >= 15 is 0 Å². The van der Waals surface area contributed by atoms with Crippen molar-refractivity contribution in [2.24, 2.45) is 0 Å². The van der Waals surface area contributed by atoms with Gasteiger partial charge in [0.2, 0.25) is 0 Å². The van der Waals surface area contributed by atoms with Crippen molar-refractivity contribution in [2.75, 3.05) is 0 Å². The molecule has 0 saturated carbocycles. The molecule has 0 aliphatic carbocycles. The molecule has 0 atom stereocenters. The topological polar surface area (TPSA) is 18.5 Å². The fourth-order valence-electron chi connectivity index (χ4n) is 1.68. The predicted molar refractivity (Wildman–Crippen MR) is 75.6 cm³/mol. The van der Waals surface area contributed by atoms with Crippen molar-refractivity contribution in [1.82, 2.24) is 0 Å². The molecule has 0 unspecified atom stereocenters. The van der Waals surface area contributed by atoms with Crippen LogP contribution in [-0.2, 0) is 8.23 Å². The molecule has 0 bridgehead atoms. The zero-order valence-electron chi connectivity index (χ0n) is 11.7. The maximum Gasteiger partial charge on any atom is 0.317 e. The van der Waals surface area contributed by atoms with E-state index in [2.05, 4.69) is 53.1 Å². The summed E-state index contributed by atoms with van der Waals surface area (Å²) in [6.07, 6.45) is 0. The number of hydrogen-bond donors (Lipinski definition) is 0. The molecule has 0 aromatic carbocycles. The molecule has 15 heavy (non-hydrogen) atoms. The van der Waals surface area contributed by atoms with E-state index in [1.807, 2.05) is 0 Å². The van der Waals surface area contributed by atoms with Crippen molar-refractivity contribution < 1.29 is 8.23 Å². The van der Waals surface area contributed by atoms with Crippen LogP contribution in [0.2, 0.25) is 51.4 Å². The van der Waals surface area contributed by atoms with E-state index in [4.69, 9.17) is 8.23 Å². The maximum absolute atomic E-state index is 6.39. The van der Waals surface area contributed by atoms with Gasteiger partial charge in [-0.15, -0.1) is 0 Å². The highest BCUT2D eigenvalue weighted by atomic mass is 28.5. The number of rotatable bonds is 6. The minimum absolute atomic E-state index is 1.08. The zero-order valence-corrected chi connectivity index (χ0v) is 14.7. The molecule has 0 aliphatic heterocycles. The van der Waals surface area contributed by atoms with Crippen molar-refractivity contribution in [3.63, 3.8) is 0 Å². The lowest BCUT2D eigenvalue weighted by Gasteiger charge is -2.39. The second-order valence-corrected chi connectivity index (χ2v) is 19.4. The van der Waals surface area contributed by atoms with Crippen LogP contribution in [0.15, 0.2) is 0 Å². The Morgan fingerprint density at radius 1 is 0.667 bits per heavy atom. The van der Waals surface area contributed by atoms with Gasteiger partial charge < -0.3 is 8.23 Å². The smallest absolute Gasteiger partial charge is 0.317 e. The molecule has 0 amide bonds. The van der Waals surface area contributed by atoms with Crippen molar-refractivity contribution in [3.8, 4) is 0 Å². The quantitative estimate of drug-likeness (QED) is 0.670. The van der Waals surface area contributed by atoms with Gasteiger partial charge in [0, 0.05) is 0 Å². The van der Waals surface area contributed by atoms with Crippen LogP contribution in [0.1, 0.15) is 13.8 Å². The van der Waals surface area contributed by atoms with Crippen LogP contribution in [0.5, 0.6) is 0 Å². The van der Waals surface area contributed by atoms with E-state index in [0.717, 1.165) is 12.1 Å². The van der Waals surface area contributed by atoms with Crippen LogP contribution < -0.4 is 0 Å². The largest absolute Gasteiger partial charge is 0.436 e. The van der Waals surface area contributed by atoms with Crippen LogP contribution in [0.4, 0.5) is 0 Å². The molecule has 0 fully saturated rings. The van der Waals surface area contributed by atoms with Gasteiger partial charge in [0.25, 0.3) is 0 Å². The van der Waals surface area contributed by atoms with Gasteiger partial charge in [0.1, 0.15) is 0 Å². The summed E-state index contributed by atoms with van der Waals surface area (Å²) in [5, 5.41) is 0. The Morgan fingerprint density at radius 3 is 1.07 bits per heavy atom. The lowest BCUT2D eigenvalue weighted by Crippen LogP contribution is -2.53. The second-order valence-electron chi connectivity index (χ2n) is 6.05. The van der Waals surface area contributed by atoms with Crippen molar-refractivity contribution in [3.05, 3.63) is 0 Å². The van der Waals surface area contributed by atoms with Gasteiger partial charge in [-0.25, -0.2) is 0 Å². The Kier molecular flexibility index (Phi) is 5.47. The van der Waals surface area contributed by atoms with Gasteiger partial charge in [-0.05, 0) is 51.4 Å². The molecule has 0 N–H and O–H groups in total. The Hall–Kier alpha value is 0.571. The van der Waals surface area contributed by atoms with Gasteiger partial charge in [0.15, 0.2) is 16.6 Å². The molecular weight excluding hydrogens is 236 g/mol. The van der Waals surface area contributed by atoms with Crippen molar-refractivity contribution in [2.45, 2.75) is 65.2 Å². The first-order valence-corrected chi connectivity index (χ1v) is 15.0. The third-order valence-electron chi connectivity index (χ3n) is 2.06. The molecule has 0 aromatic rings. The molecule has 5 heteroatoms. The lowest BCUT2D eigenvalue weighted by atomic mass is 10.9. The summed E-state index contributed by atoms with van der Waals surface area (Å²) < 4.78 is 12.8. The first kappa shape index (κ1) is 15.6. The Morgan fingerprint density at radius 2 is 0.933 bits per heavy atom. The Bertz CT molecular complexity index is 172. The van der Waals surface area contributed by atoms with E-state index in [0.29, 0.717) is 0 Å². The fourth-order valence-corrected chi connectivity index (χ4v) is 14.0. The monoisotopic (exact) mass is 264 g/mol. The summed E-state index contributed by atoms with van der Waals surface area (Å²) in [7, 11) is -4.84. The van der Waals surface area contributed by atoms with Gasteiger partial charge in [-0.1, -0.05) is 13.8 Å². The molecule has 0 heterocycles. The first-order valence-electron chi connectivity index (χ1n) is 5.94. The summed E-state index contributed by atoms with van der Waals surface area (Å²) >= 11 is 0. The van der Waals surface area contributed by atoms with Crippen molar-refractivity contribution in [1.29, 1.82) is 0 Å². The molecule has 0 saturated heterocycles. The Labute approximate surface area is 98.9 Å². The van der Waals surface area contributed by atoms with Gasteiger partial charge in [-0.3, -0.25) is 0 Å². The standard InChI is InChI=1S/C10H28O2Si3/c1-9-15(10-2,11-13(3,4)5)12-14(6,7)8/h9-10H2,1-8H3. The highest BCUT2D eigenvalue weighted by Crippen LogP contribution is 2.27. The van der Waals surface area contributed by atoms with E-state index in [1.165, 1.54) is 0 Å². The van der Waals surface area contributed by atoms with Crippen LogP contribution in [0.25, 0.3) is 0 Å². The maximum atomic E-state index is 6.39. The summed E-state index contributed by atoms with van der Waals surface area (Å²) in [5.41, 5.74) is 0. The molecule has 0 aromatic heterocycles. The lowest BCUT2D eigenvalue weighted by molar-refractivity contribution is 0.377. The van der Waals surface area contributed by atoms with Gasteiger partial charge in [0.05, 0.1) is 0 Å². The SMILES string of the molecule is CC[Si](CC)(O[Si](C)(C)C)O[Si](C)(C)C. The molecule has 0 aliphatic rings. The minimum atomic E-state index is -1.89. The van der Waals surface area contributed by atoms with E-state index < -0.39 is 25.2 Å². The second kappa shape index (κ2) is 5.27. The highest BCUT2D eigenvalue weighted by molar-refractivity contribution is 6.88. The average Bonchev–Trinajstić information content (AvgIpc) is 1.98. The number of hydrogen-bond acceptors (Lipinski definition) is 2. The fraction of sp³-hybridized carbons (Fsp3) is 1.00. The molecule has 0 rings (SSSR count). The molecule has 0 radical (unpaired) electrons. The average molecular weight is 265 g/mol. The molecule has 2 nitrogen and oxygen atoms in total. The van der Waals surface area contributed by atoms with Gasteiger partial charge >= 0.3 is 8.56 Å². The third kappa shape index (κ3) is 6.68. The van der Waals surface area contributed by atoms with Crippen LogP contribution >= 0.6 is 0 Å². The summed E-state index contributed by atoms with van der Waals surface area (Å²) in [5.74, 6) is 0. The Balaban J connectivity index is 4.74. The zero-order chi connectivity index (χ0) is 12.3. The van der Waals surface area contributed by atoms with Gasteiger partial charge in [-0.2, -0.15) is 0 Å². The van der Waals surface area contributed by atoms with E-state index in [9.17, 15) is 0 Å². The summed E-state index contributed by atoms with van der Waals surface area (Å²) in [6.45, 7) is 18.0. The van der Waals surface area contributed by atoms with Crippen LogP contribution in [0, 0.1) is 0 Å². The summed E-state index contributed by atoms with van der Waals surface area (Å²) in [4.78, 5) is 0. The highest BCUT2D eigenvalue weighted by Gasteiger charge is 2.41. The normalized spacial score (nSPS) is 14.4. The summed E-state index contributed by atoms with van der Waals surface area (Å²) in [6, 6.07) is 2.16. The van der Waals surface area contributed by atoms with Crippen molar-refractivity contribution >= 4 is 25.2 Å². The first-order chi connectivity index (χ1) is 6.54. The molecule has 92 valence electrons. The predicted octanol–water partition coefficient (Wildman–Crippen LogP) is 4.17. The van der Waals surface area contributed by atoms with Crippen LogP contribution in [0.3, 0.4) is 0 Å².